The van der Waals surface area contributed by atoms with Crippen LogP contribution in [0, 0.1) is 18.8 Å². The van der Waals surface area contributed by atoms with Crippen LogP contribution in [0.25, 0.3) is 10.9 Å². The molecule has 0 fully saturated rings. The lowest BCUT2D eigenvalue weighted by Gasteiger charge is -2.02. The fourth-order valence-electron chi connectivity index (χ4n) is 1.56. The Morgan fingerprint density at radius 3 is 3.00 bits per heavy atom. The Bertz CT molecular complexity index is 549. The smallest absolute Gasteiger partial charge is 0.0743 e. The van der Waals surface area contributed by atoms with Gasteiger partial charge in [0.15, 0.2) is 0 Å². The van der Waals surface area contributed by atoms with E-state index in [9.17, 15) is 0 Å². The van der Waals surface area contributed by atoms with E-state index in [1.807, 2.05) is 18.3 Å². The summed E-state index contributed by atoms with van der Waals surface area (Å²) in [5, 5.41) is 1.16. The summed E-state index contributed by atoms with van der Waals surface area (Å²) < 4.78 is 0. The van der Waals surface area contributed by atoms with Gasteiger partial charge < -0.3 is 0 Å². The van der Waals surface area contributed by atoms with Crippen molar-refractivity contribution in [3.8, 4) is 11.8 Å². The summed E-state index contributed by atoms with van der Waals surface area (Å²) in [4.78, 5) is 4.36. The van der Waals surface area contributed by atoms with E-state index in [2.05, 4.69) is 48.5 Å². The lowest BCUT2D eigenvalue weighted by atomic mass is 10.0. The highest BCUT2D eigenvalue weighted by atomic mass is 32.1. The van der Waals surface area contributed by atoms with Gasteiger partial charge in [-0.2, -0.15) is 12.6 Å². The zero-order chi connectivity index (χ0) is 10.7. The second-order valence-electron chi connectivity index (χ2n) is 3.27. The van der Waals surface area contributed by atoms with E-state index in [0.717, 1.165) is 22.0 Å². The SMILES string of the molecule is Cc1c(C#CCS)ccc2cccnc12. The van der Waals surface area contributed by atoms with Crippen molar-refractivity contribution in [3.05, 3.63) is 41.6 Å². The topological polar surface area (TPSA) is 12.9 Å². The van der Waals surface area contributed by atoms with E-state index < -0.39 is 0 Å². The van der Waals surface area contributed by atoms with Gasteiger partial charge in [0.2, 0.25) is 0 Å². The molecule has 0 bridgehead atoms. The minimum Gasteiger partial charge on any atom is -0.256 e. The molecule has 1 heterocycles. The molecule has 0 N–H and O–H groups in total. The molecule has 0 aliphatic heterocycles. The van der Waals surface area contributed by atoms with Gasteiger partial charge in [-0.25, -0.2) is 0 Å². The zero-order valence-corrected chi connectivity index (χ0v) is 9.38. The Morgan fingerprint density at radius 1 is 1.33 bits per heavy atom. The summed E-state index contributed by atoms with van der Waals surface area (Å²) >= 11 is 4.07. The largest absolute Gasteiger partial charge is 0.256 e. The van der Waals surface area contributed by atoms with Crippen molar-refractivity contribution in [1.82, 2.24) is 4.98 Å². The average molecular weight is 213 g/mol. The fourth-order valence-corrected chi connectivity index (χ4v) is 1.64. The van der Waals surface area contributed by atoms with Crippen molar-refractivity contribution < 1.29 is 0 Å². The highest BCUT2D eigenvalue weighted by molar-refractivity contribution is 7.80. The maximum Gasteiger partial charge on any atom is 0.0743 e. The van der Waals surface area contributed by atoms with Gasteiger partial charge in [-0.1, -0.05) is 24.0 Å². The van der Waals surface area contributed by atoms with Gasteiger partial charge in [0, 0.05) is 17.1 Å². The van der Waals surface area contributed by atoms with Gasteiger partial charge in [0.25, 0.3) is 0 Å². The van der Waals surface area contributed by atoms with Crippen LogP contribution in [0.4, 0.5) is 0 Å². The van der Waals surface area contributed by atoms with Crippen molar-refractivity contribution in [2.24, 2.45) is 0 Å². The van der Waals surface area contributed by atoms with Crippen molar-refractivity contribution in [1.29, 1.82) is 0 Å². The van der Waals surface area contributed by atoms with Crippen LogP contribution in [0.15, 0.2) is 30.5 Å². The quantitative estimate of drug-likeness (QED) is 0.524. The molecule has 74 valence electrons. The molecule has 15 heavy (non-hydrogen) atoms. The van der Waals surface area contributed by atoms with E-state index in [1.165, 1.54) is 0 Å². The van der Waals surface area contributed by atoms with Gasteiger partial charge in [-0.15, -0.1) is 0 Å². The highest BCUT2D eigenvalue weighted by Gasteiger charge is 2.01. The molecule has 0 unspecified atom stereocenters. The maximum atomic E-state index is 4.36. The molecular weight excluding hydrogens is 202 g/mol. The third-order valence-corrected chi connectivity index (χ3v) is 2.49. The second kappa shape index (κ2) is 4.37. The molecule has 0 aliphatic rings. The number of pyridine rings is 1. The fraction of sp³-hybridized carbons (Fsp3) is 0.154. The molecule has 0 saturated heterocycles. The Labute approximate surface area is 94.9 Å². The molecule has 0 atom stereocenters. The first-order valence-corrected chi connectivity index (χ1v) is 5.40. The molecule has 2 rings (SSSR count). The first-order chi connectivity index (χ1) is 7.33. The van der Waals surface area contributed by atoms with Crippen LogP contribution in [-0.4, -0.2) is 10.7 Å². The number of hydrogen-bond donors (Lipinski definition) is 1. The van der Waals surface area contributed by atoms with Crippen LogP contribution in [0.1, 0.15) is 11.1 Å². The van der Waals surface area contributed by atoms with Crippen LogP contribution >= 0.6 is 12.6 Å². The molecule has 0 radical (unpaired) electrons. The molecule has 0 saturated carbocycles. The molecule has 1 nitrogen and oxygen atoms in total. The molecule has 2 heteroatoms. The van der Waals surface area contributed by atoms with Crippen LogP contribution in [0.2, 0.25) is 0 Å². The molecular formula is C13H11NS. The number of aryl methyl sites for hydroxylation is 1. The molecule has 0 spiro atoms. The molecule has 0 aliphatic carbocycles. The summed E-state index contributed by atoms with van der Waals surface area (Å²) in [5.74, 6) is 6.63. The van der Waals surface area contributed by atoms with Crippen molar-refractivity contribution in [2.75, 3.05) is 5.75 Å². The number of thiol groups is 1. The average Bonchev–Trinajstić information content (AvgIpc) is 2.29. The summed E-state index contributed by atoms with van der Waals surface area (Å²) in [6.07, 6.45) is 1.81. The van der Waals surface area contributed by atoms with Gasteiger partial charge in [0.1, 0.15) is 0 Å². The van der Waals surface area contributed by atoms with Crippen molar-refractivity contribution in [2.45, 2.75) is 6.92 Å². The Balaban J connectivity index is 2.65. The lowest BCUT2D eigenvalue weighted by Crippen LogP contribution is -1.87. The Morgan fingerprint density at radius 2 is 2.20 bits per heavy atom. The molecule has 2 aromatic rings. The standard InChI is InChI=1S/C13H11NS/c1-10-11(5-3-9-15)6-7-12-4-2-8-14-13(10)12/h2,4,6-8,15H,9H2,1H3. The molecule has 0 amide bonds. The first kappa shape index (κ1) is 10.1. The second-order valence-corrected chi connectivity index (χ2v) is 3.59. The zero-order valence-electron chi connectivity index (χ0n) is 8.49. The first-order valence-electron chi connectivity index (χ1n) is 4.77. The molecule has 1 aromatic carbocycles. The Kier molecular flexibility index (Phi) is 2.94. The third-order valence-electron chi connectivity index (χ3n) is 2.33. The summed E-state index contributed by atoms with van der Waals surface area (Å²) in [6, 6.07) is 8.10. The lowest BCUT2D eigenvalue weighted by molar-refractivity contribution is 1.35. The monoisotopic (exact) mass is 213 g/mol. The van der Waals surface area contributed by atoms with Crippen LogP contribution < -0.4 is 0 Å². The number of hydrogen-bond acceptors (Lipinski definition) is 2. The van der Waals surface area contributed by atoms with Gasteiger partial charge in [-0.3, -0.25) is 4.98 Å². The Hall–Kier alpha value is -1.46. The maximum absolute atomic E-state index is 4.36. The minimum absolute atomic E-state index is 0.583. The number of aromatic nitrogens is 1. The van der Waals surface area contributed by atoms with Crippen LogP contribution in [0.3, 0.4) is 0 Å². The van der Waals surface area contributed by atoms with E-state index in [-0.39, 0.29) is 0 Å². The summed E-state index contributed by atoms with van der Waals surface area (Å²) in [5.41, 5.74) is 3.21. The van der Waals surface area contributed by atoms with Gasteiger partial charge in [-0.05, 0) is 24.6 Å². The van der Waals surface area contributed by atoms with E-state index >= 15 is 0 Å². The minimum atomic E-state index is 0.583. The predicted octanol–water partition coefficient (Wildman–Crippen LogP) is 2.82. The van der Waals surface area contributed by atoms with Gasteiger partial charge >= 0.3 is 0 Å². The van der Waals surface area contributed by atoms with E-state index in [4.69, 9.17) is 0 Å². The summed E-state index contributed by atoms with van der Waals surface area (Å²) in [6.45, 7) is 2.05. The van der Waals surface area contributed by atoms with Gasteiger partial charge in [0.05, 0.1) is 11.3 Å². The summed E-state index contributed by atoms with van der Waals surface area (Å²) in [7, 11) is 0. The van der Waals surface area contributed by atoms with Crippen molar-refractivity contribution in [3.63, 3.8) is 0 Å². The number of benzene rings is 1. The third kappa shape index (κ3) is 1.98. The number of rotatable bonds is 0. The van der Waals surface area contributed by atoms with E-state index in [0.29, 0.717) is 5.75 Å². The van der Waals surface area contributed by atoms with Crippen molar-refractivity contribution >= 4 is 23.5 Å². The predicted molar refractivity (Wildman–Crippen MR) is 67.2 cm³/mol. The highest BCUT2D eigenvalue weighted by Crippen LogP contribution is 2.18. The van der Waals surface area contributed by atoms with Crippen LogP contribution in [-0.2, 0) is 0 Å². The molecule has 1 aromatic heterocycles. The van der Waals surface area contributed by atoms with E-state index in [1.54, 1.807) is 0 Å². The number of nitrogens with zero attached hydrogens (tertiary/aromatic N) is 1. The number of fused-ring (bicyclic) bond motifs is 1. The normalized spacial score (nSPS) is 9.73. The van der Waals surface area contributed by atoms with Crippen LogP contribution in [0.5, 0.6) is 0 Å².